The lowest BCUT2D eigenvalue weighted by Gasteiger charge is -2.27. The Morgan fingerprint density at radius 1 is 1.27 bits per heavy atom. The normalized spacial score (nSPS) is 51.5. The van der Waals surface area contributed by atoms with E-state index in [2.05, 4.69) is 0 Å². The van der Waals surface area contributed by atoms with Gasteiger partial charge in [0.1, 0.15) is 6.10 Å². The highest BCUT2D eigenvalue weighted by Crippen LogP contribution is 2.44. The van der Waals surface area contributed by atoms with E-state index in [9.17, 15) is 5.11 Å². The molecule has 2 heterocycles. The average molecular weight is 212 g/mol. The Morgan fingerprint density at radius 2 is 2.07 bits per heavy atom. The summed E-state index contributed by atoms with van der Waals surface area (Å²) in [4.78, 5) is 0. The minimum atomic E-state index is -0.563. The lowest BCUT2D eigenvalue weighted by Crippen LogP contribution is -2.33. The summed E-state index contributed by atoms with van der Waals surface area (Å²) in [5.74, 6) is -0.344. The van der Waals surface area contributed by atoms with Crippen LogP contribution in [-0.4, -0.2) is 35.5 Å². The molecule has 0 saturated carbocycles. The number of aliphatic hydroxyl groups excluding tert-OH is 1. The highest BCUT2D eigenvalue weighted by atomic mass is 16.8. The molecule has 0 aromatic heterocycles. The molecule has 84 valence electrons. The molecule has 1 aliphatic carbocycles. The summed E-state index contributed by atoms with van der Waals surface area (Å²) in [5, 5.41) is 9.57. The minimum Gasteiger partial charge on any atom is -0.389 e. The van der Waals surface area contributed by atoms with Crippen molar-refractivity contribution in [1.82, 2.24) is 0 Å². The van der Waals surface area contributed by atoms with E-state index in [0.29, 0.717) is 6.42 Å². The van der Waals surface area contributed by atoms with Gasteiger partial charge in [0, 0.05) is 5.92 Å². The summed E-state index contributed by atoms with van der Waals surface area (Å²) in [7, 11) is 0. The average Bonchev–Trinajstić information content (AvgIpc) is 2.58. The molecule has 2 saturated heterocycles. The molecule has 0 amide bonds. The predicted octanol–water partition coefficient (Wildman–Crippen LogP) is 0.800. The van der Waals surface area contributed by atoms with Crippen molar-refractivity contribution >= 4 is 0 Å². The van der Waals surface area contributed by atoms with Crippen LogP contribution in [0.3, 0.4) is 0 Å². The van der Waals surface area contributed by atoms with Gasteiger partial charge in [-0.3, -0.25) is 0 Å². The second kappa shape index (κ2) is 3.04. The first-order chi connectivity index (χ1) is 7.05. The van der Waals surface area contributed by atoms with Crippen molar-refractivity contribution in [3.05, 3.63) is 12.2 Å². The van der Waals surface area contributed by atoms with E-state index < -0.39 is 5.79 Å². The molecule has 0 spiro atoms. The molecule has 0 radical (unpaired) electrons. The van der Waals surface area contributed by atoms with Crippen LogP contribution in [0.1, 0.15) is 20.3 Å². The third-order valence-electron chi connectivity index (χ3n) is 3.26. The van der Waals surface area contributed by atoms with Gasteiger partial charge in [-0.05, 0) is 20.3 Å². The van der Waals surface area contributed by atoms with Crippen molar-refractivity contribution in [2.24, 2.45) is 5.92 Å². The zero-order valence-electron chi connectivity index (χ0n) is 8.92. The Hall–Kier alpha value is -0.420. The molecule has 5 atom stereocenters. The molecule has 0 aromatic carbocycles. The topological polar surface area (TPSA) is 47.9 Å². The van der Waals surface area contributed by atoms with E-state index in [0.717, 1.165) is 0 Å². The maximum atomic E-state index is 9.57. The van der Waals surface area contributed by atoms with Crippen molar-refractivity contribution in [3.63, 3.8) is 0 Å². The van der Waals surface area contributed by atoms with Crippen LogP contribution in [0.2, 0.25) is 0 Å². The molecule has 15 heavy (non-hydrogen) atoms. The SMILES string of the molecule is CC1(C)O[C@H]2O[C@@H]3C=C[C@@H](O)C[C@H]3[C@H]2O1. The monoisotopic (exact) mass is 212 g/mol. The summed E-state index contributed by atoms with van der Waals surface area (Å²) in [5.41, 5.74) is 0. The lowest BCUT2D eigenvalue weighted by molar-refractivity contribution is -0.206. The molecule has 0 unspecified atom stereocenters. The van der Waals surface area contributed by atoms with Gasteiger partial charge in [0.05, 0.1) is 12.2 Å². The van der Waals surface area contributed by atoms with Gasteiger partial charge in [0.25, 0.3) is 0 Å². The molecule has 4 heteroatoms. The maximum Gasteiger partial charge on any atom is 0.188 e. The van der Waals surface area contributed by atoms with E-state index >= 15 is 0 Å². The first kappa shape index (κ1) is 9.78. The van der Waals surface area contributed by atoms with E-state index in [-0.39, 0.29) is 30.5 Å². The van der Waals surface area contributed by atoms with Gasteiger partial charge in [-0.15, -0.1) is 0 Å². The molecule has 0 bridgehead atoms. The number of rotatable bonds is 0. The molecule has 2 fully saturated rings. The van der Waals surface area contributed by atoms with E-state index in [4.69, 9.17) is 14.2 Å². The largest absolute Gasteiger partial charge is 0.389 e. The van der Waals surface area contributed by atoms with Crippen LogP contribution in [0.15, 0.2) is 12.2 Å². The quantitative estimate of drug-likeness (QED) is 0.603. The first-order valence-electron chi connectivity index (χ1n) is 5.43. The predicted molar refractivity (Wildman–Crippen MR) is 52.0 cm³/mol. The smallest absolute Gasteiger partial charge is 0.188 e. The lowest BCUT2D eigenvalue weighted by atomic mass is 9.87. The van der Waals surface area contributed by atoms with Crippen LogP contribution in [0.4, 0.5) is 0 Å². The number of hydrogen-bond acceptors (Lipinski definition) is 4. The highest BCUT2D eigenvalue weighted by Gasteiger charge is 2.54. The van der Waals surface area contributed by atoms with Crippen LogP contribution < -0.4 is 0 Å². The fourth-order valence-electron chi connectivity index (χ4n) is 2.65. The molecule has 1 N–H and O–H groups in total. The third-order valence-corrected chi connectivity index (χ3v) is 3.26. The van der Waals surface area contributed by atoms with Crippen molar-refractivity contribution in [2.45, 2.75) is 50.7 Å². The molecule has 0 aromatic rings. The second-order valence-corrected chi connectivity index (χ2v) is 4.92. The van der Waals surface area contributed by atoms with Crippen molar-refractivity contribution in [1.29, 1.82) is 0 Å². The Morgan fingerprint density at radius 3 is 2.87 bits per heavy atom. The van der Waals surface area contributed by atoms with E-state index in [1.54, 1.807) is 6.08 Å². The molecular formula is C11H16O4. The number of aliphatic hydroxyl groups is 1. The van der Waals surface area contributed by atoms with Gasteiger partial charge >= 0.3 is 0 Å². The van der Waals surface area contributed by atoms with Gasteiger partial charge in [0.2, 0.25) is 0 Å². The Balaban J connectivity index is 1.81. The van der Waals surface area contributed by atoms with Crippen molar-refractivity contribution in [2.75, 3.05) is 0 Å². The van der Waals surface area contributed by atoms with Crippen LogP contribution in [-0.2, 0) is 14.2 Å². The number of fused-ring (bicyclic) bond motifs is 3. The molecular weight excluding hydrogens is 196 g/mol. The summed E-state index contributed by atoms with van der Waals surface area (Å²) in [6.07, 6.45) is 3.75. The minimum absolute atomic E-state index is 0.0374. The fraction of sp³-hybridized carbons (Fsp3) is 0.818. The van der Waals surface area contributed by atoms with Gasteiger partial charge in [-0.25, -0.2) is 0 Å². The van der Waals surface area contributed by atoms with Crippen LogP contribution in [0.25, 0.3) is 0 Å². The summed E-state index contributed by atoms with van der Waals surface area (Å²) < 4.78 is 17.2. The summed E-state index contributed by atoms with van der Waals surface area (Å²) in [6, 6.07) is 0. The summed E-state index contributed by atoms with van der Waals surface area (Å²) >= 11 is 0. The molecule has 4 nitrogen and oxygen atoms in total. The Labute approximate surface area is 88.8 Å². The van der Waals surface area contributed by atoms with E-state index in [1.165, 1.54) is 0 Å². The number of hydrogen-bond donors (Lipinski definition) is 1. The molecule has 3 aliphatic rings. The van der Waals surface area contributed by atoms with Gasteiger partial charge in [-0.1, -0.05) is 12.2 Å². The first-order valence-corrected chi connectivity index (χ1v) is 5.43. The zero-order valence-corrected chi connectivity index (χ0v) is 8.92. The second-order valence-electron chi connectivity index (χ2n) is 4.92. The fourth-order valence-corrected chi connectivity index (χ4v) is 2.65. The Bertz CT molecular complexity index is 299. The Kier molecular flexibility index (Phi) is 1.98. The number of ether oxygens (including phenoxy) is 3. The van der Waals surface area contributed by atoms with Crippen LogP contribution >= 0.6 is 0 Å². The maximum absolute atomic E-state index is 9.57. The van der Waals surface area contributed by atoms with Crippen LogP contribution in [0, 0.1) is 5.92 Å². The summed E-state index contributed by atoms with van der Waals surface area (Å²) in [6.45, 7) is 3.78. The third kappa shape index (κ3) is 1.52. The zero-order chi connectivity index (χ0) is 10.6. The van der Waals surface area contributed by atoms with Gasteiger partial charge < -0.3 is 19.3 Å². The van der Waals surface area contributed by atoms with Gasteiger partial charge in [-0.2, -0.15) is 0 Å². The highest BCUT2D eigenvalue weighted by molar-refractivity contribution is 5.09. The van der Waals surface area contributed by atoms with Gasteiger partial charge in [0.15, 0.2) is 12.1 Å². The van der Waals surface area contributed by atoms with Crippen molar-refractivity contribution < 1.29 is 19.3 Å². The standard InChI is InChI=1S/C11H16O4/c1-11(2)14-9-7-5-6(12)3-4-8(7)13-10(9)15-11/h3-4,6-10,12H,5H2,1-2H3/t6-,7-,8-,9-,10-/m1/s1. The molecule has 3 rings (SSSR count). The van der Waals surface area contributed by atoms with Crippen LogP contribution in [0.5, 0.6) is 0 Å². The van der Waals surface area contributed by atoms with Crippen molar-refractivity contribution in [3.8, 4) is 0 Å². The molecule has 2 aliphatic heterocycles. The van der Waals surface area contributed by atoms with E-state index in [1.807, 2.05) is 19.9 Å².